The molecule has 0 saturated heterocycles. The first-order valence-corrected chi connectivity index (χ1v) is 9.82. The van der Waals surface area contributed by atoms with E-state index in [4.69, 9.17) is 16.3 Å². The van der Waals surface area contributed by atoms with E-state index >= 15 is 0 Å². The molecule has 1 atom stereocenters. The first-order chi connectivity index (χ1) is 13.2. The number of aryl methyl sites for hydroxylation is 1. The molecule has 0 aliphatic heterocycles. The Morgan fingerprint density at radius 3 is 2.71 bits per heavy atom. The number of rotatable bonds is 4. The maximum absolute atomic E-state index is 13.4. The second kappa shape index (κ2) is 6.90. The van der Waals surface area contributed by atoms with Crippen molar-refractivity contribution in [1.82, 2.24) is 4.98 Å². The molecule has 3 aromatic rings. The van der Waals surface area contributed by atoms with Crippen molar-refractivity contribution in [1.29, 1.82) is 0 Å². The number of thiazole rings is 1. The Kier molecular flexibility index (Phi) is 4.67. The van der Waals surface area contributed by atoms with Crippen LogP contribution >= 0.6 is 22.9 Å². The highest BCUT2D eigenvalue weighted by Gasteiger charge is 2.29. The van der Waals surface area contributed by atoms with E-state index < -0.39 is 5.92 Å². The second-order valence-corrected chi connectivity index (χ2v) is 8.24. The van der Waals surface area contributed by atoms with Gasteiger partial charge in [0.1, 0.15) is 11.5 Å². The average molecular weight is 424 g/mol. The Hall–Kier alpha value is -2.38. The number of aromatic hydroxyl groups is 1. The van der Waals surface area contributed by atoms with Gasteiger partial charge in [0.15, 0.2) is 0 Å². The highest BCUT2D eigenvalue weighted by atomic mass is 35.5. The molecule has 2 N–H and O–H groups in total. The van der Waals surface area contributed by atoms with Crippen LogP contribution in [-0.2, 0) is 12.3 Å². The van der Waals surface area contributed by atoms with Crippen molar-refractivity contribution >= 4 is 22.9 Å². The summed E-state index contributed by atoms with van der Waals surface area (Å²) < 4.78 is 32.6. The van der Waals surface area contributed by atoms with Crippen LogP contribution in [-0.4, -0.2) is 10.1 Å². The van der Waals surface area contributed by atoms with Crippen molar-refractivity contribution in [3.8, 4) is 17.4 Å². The number of fused-ring (bicyclic) bond motifs is 1. The van der Waals surface area contributed by atoms with Gasteiger partial charge in [0.25, 0.3) is 5.92 Å². The molecule has 146 valence electrons. The maximum atomic E-state index is 13.4. The molecule has 4 rings (SSSR count). The Balaban J connectivity index is 1.59. The first-order valence-electron chi connectivity index (χ1n) is 8.63. The van der Waals surface area contributed by atoms with Gasteiger partial charge in [-0.15, -0.1) is 0 Å². The van der Waals surface area contributed by atoms with Gasteiger partial charge in [-0.25, -0.2) is 8.78 Å². The van der Waals surface area contributed by atoms with Gasteiger partial charge in [-0.2, -0.15) is 0 Å². The summed E-state index contributed by atoms with van der Waals surface area (Å²) >= 11 is 7.12. The van der Waals surface area contributed by atoms with Gasteiger partial charge in [-0.3, -0.25) is 9.78 Å². The predicted molar refractivity (Wildman–Crippen MR) is 104 cm³/mol. The van der Waals surface area contributed by atoms with Crippen LogP contribution in [0.4, 0.5) is 8.78 Å². The van der Waals surface area contributed by atoms with E-state index in [2.05, 4.69) is 4.98 Å². The summed E-state index contributed by atoms with van der Waals surface area (Å²) in [4.78, 5) is 14.2. The smallest absolute Gasteiger partial charge is 0.307 e. The number of benzene rings is 2. The molecule has 1 aliphatic rings. The van der Waals surface area contributed by atoms with E-state index in [9.17, 15) is 18.7 Å². The molecule has 0 amide bonds. The zero-order valence-electron chi connectivity index (χ0n) is 14.8. The van der Waals surface area contributed by atoms with E-state index in [1.807, 2.05) is 12.1 Å². The highest BCUT2D eigenvalue weighted by Crippen LogP contribution is 2.44. The lowest BCUT2D eigenvalue weighted by Crippen LogP contribution is -2.06. The van der Waals surface area contributed by atoms with Gasteiger partial charge in [-0.1, -0.05) is 29.0 Å². The lowest BCUT2D eigenvalue weighted by Gasteiger charge is -2.14. The van der Waals surface area contributed by atoms with Crippen LogP contribution in [0.3, 0.4) is 0 Å². The minimum absolute atomic E-state index is 0.0392. The molecule has 0 bridgehead atoms. The molecule has 0 fully saturated rings. The molecule has 1 heterocycles. The Labute approximate surface area is 168 Å². The fourth-order valence-corrected chi connectivity index (χ4v) is 4.58. The number of hydrogen-bond donors (Lipinski definition) is 2. The number of H-pyrrole nitrogens is 1. The monoisotopic (exact) mass is 423 g/mol. The summed E-state index contributed by atoms with van der Waals surface area (Å²) in [6.45, 7) is 0.815. The second-order valence-electron chi connectivity index (χ2n) is 6.81. The van der Waals surface area contributed by atoms with Gasteiger partial charge in [0.2, 0.25) is 5.88 Å². The van der Waals surface area contributed by atoms with E-state index in [1.54, 1.807) is 6.07 Å². The molecule has 0 saturated carbocycles. The van der Waals surface area contributed by atoms with Gasteiger partial charge in [-0.05, 0) is 54.3 Å². The fraction of sp³-hybridized carbons (Fsp3) is 0.250. The molecule has 28 heavy (non-hydrogen) atoms. The summed E-state index contributed by atoms with van der Waals surface area (Å²) in [5.41, 5.74) is 1.91. The Morgan fingerprint density at radius 1 is 1.29 bits per heavy atom. The van der Waals surface area contributed by atoms with Crippen molar-refractivity contribution in [3.05, 3.63) is 72.7 Å². The van der Waals surface area contributed by atoms with Crippen LogP contribution in [0.5, 0.6) is 17.4 Å². The number of aromatic amines is 1. The zero-order chi connectivity index (χ0) is 20.1. The number of ether oxygens (including phenoxy) is 1. The third-order valence-corrected chi connectivity index (χ3v) is 6.11. The summed E-state index contributed by atoms with van der Waals surface area (Å²) in [6, 6.07) is 9.47. The van der Waals surface area contributed by atoms with Gasteiger partial charge in [0.05, 0.1) is 9.90 Å². The minimum Gasteiger partial charge on any atom is -0.494 e. The lowest BCUT2D eigenvalue weighted by molar-refractivity contribution is 0.0174. The van der Waals surface area contributed by atoms with Crippen LogP contribution in [0.2, 0.25) is 5.02 Å². The van der Waals surface area contributed by atoms with Crippen LogP contribution < -0.4 is 9.61 Å². The van der Waals surface area contributed by atoms with E-state index in [1.165, 1.54) is 18.2 Å². The number of halogens is 3. The number of aromatic nitrogens is 1. The van der Waals surface area contributed by atoms with Gasteiger partial charge in [0, 0.05) is 18.4 Å². The van der Waals surface area contributed by atoms with E-state index in [0.717, 1.165) is 42.2 Å². The lowest BCUT2D eigenvalue weighted by atomic mass is 10.00. The molecule has 8 heteroatoms. The molecule has 0 unspecified atom stereocenters. The third kappa shape index (κ3) is 3.52. The van der Waals surface area contributed by atoms with Crippen molar-refractivity contribution in [2.45, 2.75) is 31.6 Å². The first kappa shape index (κ1) is 19.0. The summed E-state index contributed by atoms with van der Waals surface area (Å²) in [5.74, 6) is -2.25. The molecule has 1 aromatic heterocycles. The molecule has 2 aromatic carbocycles. The minimum atomic E-state index is -2.97. The molecule has 0 radical (unpaired) electrons. The topological polar surface area (TPSA) is 62.3 Å². The summed E-state index contributed by atoms with van der Waals surface area (Å²) in [6.07, 6.45) is 1.55. The molecule has 4 nitrogen and oxygen atoms in total. The average Bonchev–Trinajstić information content (AvgIpc) is 3.17. The van der Waals surface area contributed by atoms with E-state index in [-0.39, 0.29) is 27.3 Å². The van der Waals surface area contributed by atoms with Gasteiger partial charge >= 0.3 is 4.87 Å². The fourth-order valence-electron chi connectivity index (χ4n) is 3.48. The quantitative estimate of drug-likeness (QED) is 0.559. The van der Waals surface area contributed by atoms with Crippen molar-refractivity contribution in [2.24, 2.45) is 0 Å². The van der Waals surface area contributed by atoms with Gasteiger partial charge < -0.3 is 9.84 Å². The largest absolute Gasteiger partial charge is 0.494 e. The van der Waals surface area contributed by atoms with Crippen molar-refractivity contribution in [3.63, 3.8) is 0 Å². The highest BCUT2D eigenvalue weighted by molar-refractivity contribution is 7.09. The van der Waals surface area contributed by atoms with Crippen LogP contribution in [0, 0.1) is 0 Å². The van der Waals surface area contributed by atoms with Crippen LogP contribution in [0.1, 0.15) is 40.8 Å². The number of nitrogens with one attached hydrogen (secondary N) is 1. The SMILES string of the molecule is CC(F)(F)c1ccc(Oc2ccc3c(c2)CC[C@H]3c2sc(=O)[nH]c2O)c(Cl)c1. The standard InChI is InChI=1S/C20H16ClF2NO3S/c1-20(22,23)11-3-7-16(15(21)9-11)27-12-4-6-13-10(8-12)2-5-14(13)17-18(25)24-19(26)28-17/h3-4,6-9,14,25H,2,5H2,1H3,(H,24,26)/t14-/m1/s1. The summed E-state index contributed by atoms with van der Waals surface area (Å²) in [7, 11) is 0. The molecular weight excluding hydrogens is 408 g/mol. The number of hydrogen-bond acceptors (Lipinski definition) is 4. The van der Waals surface area contributed by atoms with Crippen LogP contribution in [0.25, 0.3) is 0 Å². The van der Waals surface area contributed by atoms with E-state index in [0.29, 0.717) is 16.4 Å². The Bertz CT molecular complexity index is 1100. The van der Waals surface area contributed by atoms with Crippen molar-refractivity contribution in [2.75, 3.05) is 0 Å². The zero-order valence-corrected chi connectivity index (χ0v) is 16.3. The normalized spacial score (nSPS) is 16.2. The van der Waals surface area contributed by atoms with Crippen LogP contribution in [0.15, 0.2) is 41.2 Å². The van der Waals surface area contributed by atoms with Crippen molar-refractivity contribution < 1.29 is 18.6 Å². The number of alkyl halides is 2. The maximum Gasteiger partial charge on any atom is 0.307 e. The molecule has 1 aliphatic carbocycles. The molecular formula is C20H16ClF2NO3S. The summed E-state index contributed by atoms with van der Waals surface area (Å²) in [5, 5.41) is 10.0. The molecule has 0 spiro atoms. The third-order valence-electron chi connectivity index (χ3n) is 4.83. The predicted octanol–water partition coefficient (Wildman–Crippen LogP) is 5.78. The Morgan fingerprint density at radius 2 is 2.07 bits per heavy atom.